The molecular weight excluding hydrogens is 382 g/mol. The van der Waals surface area contributed by atoms with Crippen molar-refractivity contribution in [2.75, 3.05) is 44.3 Å². The average molecular weight is 410 g/mol. The summed E-state index contributed by atoms with van der Waals surface area (Å²) < 4.78 is 6.54. The second kappa shape index (κ2) is 9.03. The third-order valence-electron chi connectivity index (χ3n) is 5.19. The molecule has 3 aromatic rings. The fourth-order valence-electron chi connectivity index (χ4n) is 3.79. The molecule has 2 aromatic carbocycles. The molecule has 1 fully saturated rings. The van der Waals surface area contributed by atoms with Gasteiger partial charge in [0.15, 0.2) is 5.13 Å². The first-order chi connectivity index (χ1) is 14.1. The Labute approximate surface area is 175 Å². The smallest absolute Gasteiger partial charge is 0.260 e. The third-order valence-corrected chi connectivity index (χ3v) is 6.25. The van der Waals surface area contributed by atoms with Gasteiger partial charge in [-0.15, -0.1) is 0 Å². The van der Waals surface area contributed by atoms with E-state index < -0.39 is 0 Å². The normalized spacial score (nSPS) is 15.0. The van der Waals surface area contributed by atoms with Gasteiger partial charge in [0.05, 0.1) is 23.4 Å². The summed E-state index contributed by atoms with van der Waals surface area (Å²) in [6.07, 6.45) is 0.909. The molecule has 0 saturated carbocycles. The molecule has 1 aliphatic heterocycles. The van der Waals surface area contributed by atoms with Crippen molar-refractivity contribution >= 4 is 32.6 Å². The predicted molar refractivity (Wildman–Crippen MR) is 119 cm³/mol. The summed E-state index contributed by atoms with van der Waals surface area (Å²) in [7, 11) is 0. The molecule has 0 radical (unpaired) electrons. The van der Waals surface area contributed by atoms with Crippen molar-refractivity contribution in [1.29, 1.82) is 0 Å². The largest absolute Gasteiger partial charge is 0.379 e. The van der Waals surface area contributed by atoms with Crippen LogP contribution in [-0.4, -0.2) is 55.2 Å². The average Bonchev–Trinajstić information content (AvgIpc) is 3.14. The highest BCUT2D eigenvalue weighted by molar-refractivity contribution is 7.22. The van der Waals surface area contributed by atoms with Gasteiger partial charge in [0.25, 0.3) is 5.91 Å². The first kappa shape index (κ1) is 20.0. The number of ether oxygens (including phenoxy) is 1. The molecule has 29 heavy (non-hydrogen) atoms. The zero-order chi connectivity index (χ0) is 20.2. The van der Waals surface area contributed by atoms with Gasteiger partial charge in [-0.1, -0.05) is 40.7 Å². The summed E-state index contributed by atoms with van der Waals surface area (Å²) in [6.45, 7) is 9.20. The zero-order valence-corrected chi connectivity index (χ0v) is 17.9. The van der Waals surface area contributed by atoms with Gasteiger partial charge in [0, 0.05) is 31.7 Å². The number of carbonyl (C=O) groups is 1. The van der Waals surface area contributed by atoms with Crippen molar-refractivity contribution < 1.29 is 9.53 Å². The highest BCUT2D eigenvalue weighted by Crippen LogP contribution is 2.30. The molecular formula is C23H27N3O2S. The lowest BCUT2D eigenvalue weighted by atomic mass is 10.1. The van der Waals surface area contributed by atoms with Crippen LogP contribution in [0.4, 0.5) is 5.13 Å². The molecule has 152 valence electrons. The number of rotatable bonds is 6. The maximum absolute atomic E-state index is 13.5. The van der Waals surface area contributed by atoms with Crippen LogP contribution < -0.4 is 4.90 Å². The molecule has 0 spiro atoms. The van der Waals surface area contributed by atoms with Crippen molar-refractivity contribution in [3.63, 3.8) is 0 Å². The monoisotopic (exact) mass is 409 g/mol. The number of benzene rings is 2. The van der Waals surface area contributed by atoms with E-state index in [2.05, 4.69) is 17.0 Å². The number of anilines is 1. The Morgan fingerprint density at radius 2 is 1.86 bits per heavy atom. The second-order valence-corrected chi connectivity index (χ2v) is 8.61. The van der Waals surface area contributed by atoms with E-state index in [0.29, 0.717) is 6.54 Å². The molecule has 1 saturated heterocycles. The molecule has 0 atom stereocenters. The quantitative estimate of drug-likeness (QED) is 0.610. The highest BCUT2D eigenvalue weighted by atomic mass is 32.1. The summed E-state index contributed by atoms with van der Waals surface area (Å²) in [5.41, 5.74) is 3.88. The van der Waals surface area contributed by atoms with E-state index in [1.807, 2.05) is 49.1 Å². The van der Waals surface area contributed by atoms with Crippen LogP contribution in [0.15, 0.2) is 42.5 Å². The number of morpholine rings is 1. The number of fused-ring (bicyclic) bond motifs is 1. The second-order valence-electron chi connectivity index (χ2n) is 7.60. The molecule has 0 aliphatic carbocycles. The third kappa shape index (κ3) is 4.83. The minimum atomic E-state index is 0.0258. The molecule has 0 bridgehead atoms. The minimum absolute atomic E-state index is 0.0258. The first-order valence-corrected chi connectivity index (χ1v) is 11.0. The van der Waals surface area contributed by atoms with E-state index in [9.17, 15) is 4.79 Å². The Kier molecular flexibility index (Phi) is 6.23. The summed E-state index contributed by atoms with van der Waals surface area (Å²) in [6, 6.07) is 14.1. The van der Waals surface area contributed by atoms with Crippen LogP contribution in [0.5, 0.6) is 0 Å². The summed E-state index contributed by atoms with van der Waals surface area (Å²) in [5.74, 6) is 0.0258. The standard InChI is InChI=1S/C23H27N3O2S/c1-17-14-18(2)16-19(15-17)22(27)26(9-5-8-25-10-12-28-13-11-25)23-24-20-6-3-4-7-21(20)29-23/h3-4,6-7,14-16H,5,8-13H2,1-2H3. The van der Waals surface area contributed by atoms with Crippen LogP contribution in [0.3, 0.4) is 0 Å². The van der Waals surface area contributed by atoms with E-state index in [4.69, 9.17) is 9.72 Å². The fourth-order valence-corrected chi connectivity index (χ4v) is 4.78. The van der Waals surface area contributed by atoms with Crippen LogP contribution in [0.1, 0.15) is 27.9 Å². The lowest BCUT2D eigenvalue weighted by Crippen LogP contribution is -2.39. The molecule has 2 heterocycles. The maximum Gasteiger partial charge on any atom is 0.260 e. The van der Waals surface area contributed by atoms with E-state index in [-0.39, 0.29) is 5.91 Å². The van der Waals surface area contributed by atoms with E-state index >= 15 is 0 Å². The van der Waals surface area contributed by atoms with Gasteiger partial charge < -0.3 is 4.74 Å². The number of aryl methyl sites for hydroxylation is 2. The zero-order valence-electron chi connectivity index (χ0n) is 17.1. The number of thiazole rings is 1. The molecule has 4 rings (SSSR count). The van der Waals surface area contributed by atoms with E-state index in [1.54, 1.807) is 11.3 Å². The number of amides is 1. The molecule has 1 amide bonds. The maximum atomic E-state index is 13.5. The van der Waals surface area contributed by atoms with Gasteiger partial charge in [-0.2, -0.15) is 0 Å². The Morgan fingerprint density at radius 1 is 1.14 bits per heavy atom. The van der Waals surface area contributed by atoms with E-state index in [1.165, 1.54) is 0 Å². The van der Waals surface area contributed by atoms with Crippen molar-refractivity contribution in [3.8, 4) is 0 Å². The number of hydrogen-bond donors (Lipinski definition) is 0. The number of para-hydroxylation sites is 1. The Balaban J connectivity index is 1.58. The highest BCUT2D eigenvalue weighted by Gasteiger charge is 2.22. The summed E-state index contributed by atoms with van der Waals surface area (Å²) >= 11 is 1.58. The molecule has 0 unspecified atom stereocenters. The van der Waals surface area contributed by atoms with Gasteiger partial charge in [0.2, 0.25) is 0 Å². The van der Waals surface area contributed by atoms with Gasteiger partial charge in [-0.05, 0) is 44.5 Å². The van der Waals surface area contributed by atoms with Crippen LogP contribution >= 0.6 is 11.3 Å². The van der Waals surface area contributed by atoms with Gasteiger partial charge in [-0.3, -0.25) is 14.6 Å². The number of hydrogen-bond acceptors (Lipinski definition) is 5. The summed E-state index contributed by atoms with van der Waals surface area (Å²) in [4.78, 5) is 22.5. The Bertz CT molecular complexity index is 941. The molecule has 1 aliphatic rings. The SMILES string of the molecule is Cc1cc(C)cc(C(=O)N(CCCN2CCOCC2)c2nc3ccccc3s2)c1. The Morgan fingerprint density at radius 3 is 2.59 bits per heavy atom. The van der Waals surface area contributed by atoms with Crippen molar-refractivity contribution in [2.24, 2.45) is 0 Å². The molecule has 0 N–H and O–H groups in total. The predicted octanol–water partition coefficient (Wildman–Crippen LogP) is 4.28. The molecule has 6 heteroatoms. The fraction of sp³-hybridized carbons (Fsp3) is 0.391. The van der Waals surface area contributed by atoms with Gasteiger partial charge >= 0.3 is 0 Å². The van der Waals surface area contributed by atoms with Gasteiger partial charge in [-0.25, -0.2) is 4.98 Å². The van der Waals surface area contributed by atoms with Crippen molar-refractivity contribution in [2.45, 2.75) is 20.3 Å². The number of aromatic nitrogens is 1. The van der Waals surface area contributed by atoms with Crippen molar-refractivity contribution in [3.05, 3.63) is 59.2 Å². The van der Waals surface area contributed by atoms with Crippen molar-refractivity contribution in [1.82, 2.24) is 9.88 Å². The lowest BCUT2D eigenvalue weighted by molar-refractivity contribution is 0.0376. The minimum Gasteiger partial charge on any atom is -0.379 e. The van der Waals surface area contributed by atoms with Crippen LogP contribution in [-0.2, 0) is 4.74 Å². The van der Waals surface area contributed by atoms with Crippen LogP contribution in [0.2, 0.25) is 0 Å². The van der Waals surface area contributed by atoms with Gasteiger partial charge in [0.1, 0.15) is 0 Å². The lowest BCUT2D eigenvalue weighted by Gasteiger charge is -2.27. The molecule has 5 nitrogen and oxygen atoms in total. The topological polar surface area (TPSA) is 45.7 Å². The Hall–Kier alpha value is -2.28. The number of nitrogens with zero attached hydrogens (tertiary/aromatic N) is 3. The molecule has 1 aromatic heterocycles. The van der Waals surface area contributed by atoms with Crippen LogP contribution in [0, 0.1) is 13.8 Å². The number of carbonyl (C=O) groups excluding carboxylic acids is 1. The first-order valence-electron chi connectivity index (χ1n) is 10.2. The van der Waals surface area contributed by atoms with Crippen LogP contribution in [0.25, 0.3) is 10.2 Å². The van der Waals surface area contributed by atoms with E-state index in [0.717, 1.165) is 71.3 Å². The summed E-state index contributed by atoms with van der Waals surface area (Å²) in [5, 5.41) is 0.775.